The van der Waals surface area contributed by atoms with Gasteiger partial charge in [-0.2, -0.15) is 0 Å². The molecule has 0 aromatic heterocycles. The minimum atomic E-state index is 0.429. The van der Waals surface area contributed by atoms with Gasteiger partial charge in [-0.25, -0.2) is 0 Å². The lowest BCUT2D eigenvalue weighted by Crippen LogP contribution is -2.21. The molecular weight excluding hydrogens is 265 g/mol. The fourth-order valence-corrected chi connectivity index (χ4v) is 3.36. The fourth-order valence-electron chi connectivity index (χ4n) is 3.06. The van der Waals surface area contributed by atoms with Crippen LogP contribution in [0.25, 0.3) is 0 Å². The molecule has 18 heavy (non-hydrogen) atoms. The summed E-state index contributed by atoms with van der Waals surface area (Å²) >= 11 is 12.1. The quantitative estimate of drug-likeness (QED) is 0.777. The summed E-state index contributed by atoms with van der Waals surface area (Å²) in [5.41, 5.74) is 7.25. The average molecular weight is 286 g/mol. The summed E-state index contributed by atoms with van der Waals surface area (Å²) in [6, 6.07) is 5.96. The van der Waals surface area contributed by atoms with Gasteiger partial charge in [0.05, 0.1) is 10.0 Å². The third-order valence-electron chi connectivity index (χ3n) is 4.09. The second-order valence-electron chi connectivity index (χ2n) is 5.27. The van der Waals surface area contributed by atoms with Gasteiger partial charge in [0.15, 0.2) is 0 Å². The second kappa shape index (κ2) is 6.79. The molecule has 0 heterocycles. The maximum Gasteiger partial charge on any atom is 0.0595 e. The van der Waals surface area contributed by atoms with Crippen molar-refractivity contribution in [3.63, 3.8) is 0 Å². The summed E-state index contributed by atoms with van der Waals surface area (Å²) in [7, 11) is 0. The first-order valence-corrected chi connectivity index (χ1v) is 7.63. The van der Waals surface area contributed by atoms with Crippen molar-refractivity contribution in [2.75, 3.05) is 6.54 Å². The highest BCUT2D eigenvalue weighted by Gasteiger charge is 2.23. The van der Waals surface area contributed by atoms with E-state index < -0.39 is 0 Å². The fraction of sp³-hybridized carbons (Fsp3) is 0.600. The zero-order valence-electron chi connectivity index (χ0n) is 10.7. The molecule has 1 fully saturated rings. The van der Waals surface area contributed by atoms with Crippen molar-refractivity contribution in [1.29, 1.82) is 0 Å². The molecule has 1 atom stereocenters. The molecule has 0 saturated heterocycles. The molecule has 1 saturated carbocycles. The third kappa shape index (κ3) is 3.40. The molecule has 1 aromatic rings. The van der Waals surface area contributed by atoms with Crippen LogP contribution in [-0.2, 0) is 0 Å². The van der Waals surface area contributed by atoms with Gasteiger partial charge in [0.2, 0.25) is 0 Å². The molecule has 1 aliphatic rings. The van der Waals surface area contributed by atoms with E-state index in [2.05, 4.69) is 6.07 Å². The van der Waals surface area contributed by atoms with E-state index in [0.717, 1.165) is 0 Å². The molecule has 0 amide bonds. The number of nitrogens with two attached hydrogens (primary N) is 1. The number of rotatable bonds is 3. The third-order valence-corrected chi connectivity index (χ3v) is 4.83. The SMILES string of the molecule is NCC(c1ccc(Cl)c(Cl)c1)C1CCCCCC1. The van der Waals surface area contributed by atoms with Gasteiger partial charge < -0.3 is 5.73 Å². The van der Waals surface area contributed by atoms with Gasteiger partial charge in [-0.05, 0) is 48.9 Å². The Kier molecular flexibility index (Phi) is 5.35. The Morgan fingerprint density at radius 1 is 1.06 bits per heavy atom. The Bertz CT molecular complexity index is 384. The standard InChI is InChI=1S/C15H21Cl2N/c16-14-8-7-12(9-15(14)17)13(10-18)11-5-3-1-2-4-6-11/h7-9,11,13H,1-6,10,18H2. The Labute approximate surface area is 120 Å². The van der Waals surface area contributed by atoms with Crippen LogP contribution in [0, 0.1) is 5.92 Å². The van der Waals surface area contributed by atoms with Gasteiger partial charge in [0.1, 0.15) is 0 Å². The normalized spacial score (nSPS) is 19.5. The molecular formula is C15H21Cl2N. The van der Waals surface area contributed by atoms with E-state index >= 15 is 0 Å². The molecule has 0 aliphatic heterocycles. The van der Waals surface area contributed by atoms with Crippen LogP contribution in [0.5, 0.6) is 0 Å². The van der Waals surface area contributed by atoms with Crippen LogP contribution in [0.2, 0.25) is 10.0 Å². The van der Waals surface area contributed by atoms with E-state index in [1.807, 2.05) is 12.1 Å². The summed E-state index contributed by atoms with van der Waals surface area (Å²) in [6.45, 7) is 0.697. The lowest BCUT2D eigenvalue weighted by Gasteiger charge is -2.25. The Hall–Kier alpha value is -0.240. The minimum absolute atomic E-state index is 0.429. The van der Waals surface area contributed by atoms with E-state index in [1.54, 1.807) is 0 Å². The molecule has 1 aliphatic carbocycles. The smallest absolute Gasteiger partial charge is 0.0595 e. The van der Waals surface area contributed by atoms with Crippen LogP contribution >= 0.6 is 23.2 Å². The molecule has 0 radical (unpaired) electrons. The summed E-state index contributed by atoms with van der Waals surface area (Å²) in [4.78, 5) is 0. The Morgan fingerprint density at radius 2 is 1.72 bits per heavy atom. The highest BCUT2D eigenvalue weighted by molar-refractivity contribution is 6.42. The second-order valence-corrected chi connectivity index (χ2v) is 6.08. The van der Waals surface area contributed by atoms with E-state index in [4.69, 9.17) is 28.9 Å². The van der Waals surface area contributed by atoms with Crippen LogP contribution in [0.15, 0.2) is 18.2 Å². The van der Waals surface area contributed by atoms with E-state index in [0.29, 0.717) is 28.4 Å². The number of hydrogen-bond acceptors (Lipinski definition) is 1. The monoisotopic (exact) mass is 285 g/mol. The van der Waals surface area contributed by atoms with E-state index in [1.165, 1.54) is 44.1 Å². The first-order valence-electron chi connectivity index (χ1n) is 6.87. The zero-order valence-corrected chi connectivity index (χ0v) is 12.2. The molecule has 0 bridgehead atoms. The van der Waals surface area contributed by atoms with Crippen molar-refractivity contribution >= 4 is 23.2 Å². The molecule has 1 nitrogen and oxygen atoms in total. The van der Waals surface area contributed by atoms with Crippen LogP contribution in [0.1, 0.15) is 50.0 Å². The number of halogens is 2. The van der Waals surface area contributed by atoms with Gasteiger partial charge in [-0.15, -0.1) is 0 Å². The van der Waals surface area contributed by atoms with Crippen molar-refractivity contribution < 1.29 is 0 Å². The van der Waals surface area contributed by atoms with Crippen molar-refractivity contribution in [2.24, 2.45) is 11.7 Å². The summed E-state index contributed by atoms with van der Waals surface area (Å²) < 4.78 is 0. The maximum absolute atomic E-state index is 6.11. The average Bonchev–Trinajstić information content (AvgIpc) is 2.64. The topological polar surface area (TPSA) is 26.0 Å². The van der Waals surface area contributed by atoms with Gasteiger partial charge >= 0.3 is 0 Å². The van der Waals surface area contributed by atoms with E-state index in [-0.39, 0.29) is 0 Å². The zero-order chi connectivity index (χ0) is 13.0. The van der Waals surface area contributed by atoms with Crippen LogP contribution < -0.4 is 5.73 Å². The van der Waals surface area contributed by atoms with Crippen molar-refractivity contribution in [3.05, 3.63) is 33.8 Å². The predicted octanol–water partition coefficient (Wildman–Crippen LogP) is 5.01. The summed E-state index contributed by atoms with van der Waals surface area (Å²) in [5, 5.41) is 1.26. The van der Waals surface area contributed by atoms with E-state index in [9.17, 15) is 0 Å². The van der Waals surface area contributed by atoms with Crippen molar-refractivity contribution in [2.45, 2.75) is 44.4 Å². The molecule has 1 aromatic carbocycles. The Morgan fingerprint density at radius 3 is 2.28 bits per heavy atom. The van der Waals surface area contributed by atoms with Crippen molar-refractivity contribution in [1.82, 2.24) is 0 Å². The largest absolute Gasteiger partial charge is 0.330 e. The first-order chi connectivity index (χ1) is 8.72. The predicted molar refractivity (Wildman–Crippen MR) is 79.4 cm³/mol. The van der Waals surface area contributed by atoms with Gasteiger partial charge in [0, 0.05) is 0 Å². The summed E-state index contributed by atoms with van der Waals surface area (Å²) in [5.74, 6) is 1.13. The Balaban J connectivity index is 2.17. The van der Waals surface area contributed by atoms with Gasteiger partial charge in [0.25, 0.3) is 0 Å². The maximum atomic E-state index is 6.11. The van der Waals surface area contributed by atoms with Crippen molar-refractivity contribution in [3.8, 4) is 0 Å². The summed E-state index contributed by atoms with van der Waals surface area (Å²) in [6.07, 6.45) is 8.00. The highest BCUT2D eigenvalue weighted by atomic mass is 35.5. The molecule has 2 rings (SSSR count). The van der Waals surface area contributed by atoms with Crippen LogP contribution in [0.4, 0.5) is 0 Å². The number of benzene rings is 1. The molecule has 2 N–H and O–H groups in total. The number of hydrogen-bond donors (Lipinski definition) is 1. The lowest BCUT2D eigenvalue weighted by molar-refractivity contribution is 0.380. The highest BCUT2D eigenvalue weighted by Crippen LogP contribution is 2.36. The minimum Gasteiger partial charge on any atom is -0.330 e. The van der Waals surface area contributed by atoms with Gasteiger partial charge in [-0.3, -0.25) is 0 Å². The molecule has 1 unspecified atom stereocenters. The first kappa shape index (κ1) is 14.2. The van der Waals surface area contributed by atoms with Gasteiger partial charge in [-0.1, -0.05) is 55.0 Å². The molecule has 100 valence electrons. The molecule has 0 spiro atoms. The van der Waals surface area contributed by atoms with Crippen LogP contribution in [0.3, 0.4) is 0 Å². The van der Waals surface area contributed by atoms with Crippen LogP contribution in [-0.4, -0.2) is 6.54 Å². The molecule has 3 heteroatoms. The lowest BCUT2D eigenvalue weighted by atomic mass is 9.81.